The van der Waals surface area contributed by atoms with Crippen molar-refractivity contribution in [2.45, 2.75) is 19.8 Å². The number of allylic oxidation sites excluding steroid dienone is 1. The summed E-state index contributed by atoms with van der Waals surface area (Å²) in [5, 5.41) is 1.78. The van der Waals surface area contributed by atoms with Crippen LogP contribution in [0.5, 0.6) is 17.2 Å². The number of hydrogen-bond donors (Lipinski definition) is 0. The molecule has 0 saturated carbocycles. The van der Waals surface area contributed by atoms with Crippen LogP contribution in [0.4, 0.5) is 5.69 Å². The molecule has 0 unspecified atom stereocenters. The predicted molar refractivity (Wildman–Crippen MR) is 152 cm³/mol. The maximum Gasteiger partial charge on any atom is 0.319 e. The highest BCUT2D eigenvalue weighted by molar-refractivity contribution is 6.25. The number of fused-ring (bicyclic) bond motifs is 8. The third kappa shape index (κ3) is 3.35. The number of esters is 1. The molecular weight excluding hydrogens is 518 g/mol. The van der Waals surface area contributed by atoms with Crippen molar-refractivity contribution in [1.29, 1.82) is 0 Å². The molecule has 3 aliphatic heterocycles. The first-order valence-electron chi connectivity index (χ1n) is 13.7. The average molecular weight is 544 g/mol. The van der Waals surface area contributed by atoms with Gasteiger partial charge in [-0.2, -0.15) is 0 Å². The second-order valence-electron chi connectivity index (χ2n) is 11.2. The summed E-state index contributed by atoms with van der Waals surface area (Å²) < 4.78 is 17.2. The van der Waals surface area contributed by atoms with Crippen molar-refractivity contribution in [1.82, 2.24) is 0 Å². The van der Waals surface area contributed by atoms with Crippen LogP contribution in [0, 0.1) is 31.6 Å². The fourth-order valence-electron chi connectivity index (χ4n) is 6.93. The highest BCUT2D eigenvalue weighted by atomic mass is 16.7. The number of nitrogens with zero attached hydrogens (tertiary/aromatic N) is 1. The Morgan fingerprint density at radius 3 is 2.49 bits per heavy atom. The SMILES string of the molecule is Cc1ccc(C)c(N2C(=O)[C@@H]3[C@@H]4C(=O)Oc5c(ccc6ccccc56)C4=C[C@@H](c4ccc5c(c4)OCO5)[C@@H]3C2=O)c1. The van der Waals surface area contributed by atoms with Gasteiger partial charge in [0.15, 0.2) is 11.5 Å². The number of rotatable bonds is 2. The molecule has 3 heterocycles. The fourth-order valence-corrected chi connectivity index (χ4v) is 6.93. The van der Waals surface area contributed by atoms with Gasteiger partial charge in [0.1, 0.15) is 5.75 Å². The monoisotopic (exact) mass is 543 g/mol. The second-order valence-corrected chi connectivity index (χ2v) is 11.2. The Labute approximate surface area is 235 Å². The summed E-state index contributed by atoms with van der Waals surface area (Å²) in [5.74, 6) is -2.56. The molecule has 4 atom stereocenters. The first-order chi connectivity index (χ1) is 19.9. The molecule has 0 aromatic heterocycles. The van der Waals surface area contributed by atoms with Crippen LogP contribution < -0.4 is 19.1 Å². The van der Waals surface area contributed by atoms with Crippen LogP contribution in [0.25, 0.3) is 16.3 Å². The van der Waals surface area contributed by atoms with Gasteiger partial charge in [-0.25, -0.2) is 4.90 Å². The molecule has 1 aliphatic carbocycles. The van der Waals surface area contributed by atoms with Gasteiger partial charge in [-0.15, -0.1) is 0 Å². The van der Waals surface area contributed by atoms with Gasteiger partial charge in [0.25, 0.3) is 0 Å². The van der Waals surface area contributed by atoms with Crippen LogP contribution in [0.2, 0.25) is 0 Å². The number of ether oxygens (including phenoxy) is 3. The van der Waals surface area contributed by atoms with E-state index in [0.29, 0.717) is 22.9 Å². The number of amides is 2. The lowest BCUT2D eigenvalue weighted by atomic mass is 9.64. The van der Waals surface area contributed by atoms with Crippen molar-refractivity contribution in [2.24, 2.45) is 17.8 Å². The van der Waals surface area contributed by atoms with Crippen LogP contribution >= 0.6 is 0 Å². The van der Waals surface area contributed by atoms with Gasteiger partial charge in [0.05, 0.1) is 23.4 Å². The van der Waals surface area contributed by atoms with E-state index in [2.05, 4.69) is 0 Å². The molecule has 1 saturated heterocycles. The minimum Gasteiger partial charge on any atom is -0.454 e. The minimum absolute atomic E-state index is 0.128. The normalized spacial score (nSPS) is 24.1. The van der Waals surface area contributed by atoms with E-state index in [-0.39, 0.29) is 18.6 Å². The van der Waals surface area contributed by atoms with Crippen molar-refractivity contribution < 1.29 is 28.6 Å². The number of carbonyl (C=O) groups excluding carboxylic acids is 3. The third-order valence-electron chi connectivity index (χ3n) is 8.87. The molecule has 202 valence electrons. The van der Waals surface area contributed by atoms with Crippen molar-refractivity contribution in [2.75, 3.05) is 11.7 Å². The van der Waals surface area contributed by atoms with E-state index in [0.717, 1.165) is 38.6 Å². The van der Waals surface area contributed by atoms with E-state index in [4.69, 9.17) is 14.2 Å². The van der Waals surface area contributed by atoms with Crippen molar-refractivity contribution in [3.05, 3.63) is 101 Å². The van der Waals surface area contributed by atoms with E-state index < -0.39 is 29.6 Å². The molecule has 4 aromatic rings. The highest BCUT2D eigenvalue weighted by Crippen LogP contribution is 2.56. The topological polar surface area (TPSA) is 82.1 Å². The van der Waals surface area contributed by atoms with E-state index >= 15 is 0 Å². The van der Waals surface area contributed by atoms with Gasteiger partial charge < -0.3 is 14.2 Å². The standard InChI is InChI=1S/C34H25NO6/c1-17-7-8-18(2)25(13-17)35-32(36)28-23(20-10-12-26-27(14-20)40-16-39-26)15-24-22-11-9-19-5-3-4-6-21(19)31(22)41-34(38)29(24)30(28)33(35)37/h3-15,23,28-30H,16H2,1-2H3/t23-,28-,29+,30-/m0/s1. The van der Waals surface area contributed by atoms with Gasteiger partial charge in [0, 0.05) is 16.9 Å². The number of carbonyl (C=O) groups is 3. The molecule has 4 aromatic carbocycles. The van der Waals surface area contributed by atoms with E-state index in [9.17, 15) is 14.4 Å². The van der Waals surface area contributed by atoms with Crippen molar-refractivity contribution >= 4 is 39.8 Å². The van der Waals surface area contributed by atoms with Gasteiger partial charge in [-0.05, 0) is 59.7 Å². The summed E-state index contributed by atoms with van der Waals surface area (Å²) in [7, 11) is 0. The maximum absolute atomic E-state index is 14.3. The number of aryl methyl sites for hydroxylation is 2. The van der Waals surface area contributed by atoms with Crippen LogP contribution in [-0.4, -0.2) is 24.6 Å². The zero-order valence-corrected chi connectivity index (χ0v) is 22.4. The van der Waals surface area contributed by atoms with E-state index in [1.165, 1.54) is 4.90 Å². The van der Waals surface area contributed by atoms with Gasteiger partial charge in [0.2, 0.25) is 18.6 Å². The summed E-state index contributed by atoms with van der Waals surface area (Å²) in [5.41, 5.74) is 4.60. The Morgan fingerprint density at radius 2 is 1.61 bits per heavy atom. The average Bonchev–Trinajstić information content (AvgIpc) is 3.55. The minimum atomic E-state index is -0.912. The van der Waals surface area contributed by atoms with Gasteiger partial charge >= 0.3 is 5.97 Å². The number of benzene rings is 4. The van der Waals surface area contributed by atoms with Crippen LogP contribution in [-0.2, 0) is 14.4 Å². The lowest BCUT2D eigenvalue weighted by molar-refractivity contribution is -0.142. The fraction of sp³-hybridized carbons (Fsp3) is 0.206. The van der Waals surface area contributed by atoms with E-state index in [1.807, 2.05) is 92.7 Å². The summed E-state index contributed by atoms with van der Waals surface area (Å²) in [6.07, 6.45) is 2.00. The summed E-state index contributed by atoms with van der Waals surface area (Å²) in [6, 6.07) is 23.0. The smallest absolute Gasteiger partial charge is 0.319 e. The largest absolute Gasteiger partial charge is 0.454 e. The summed E-state index contributed by atoms with van der Waals surface area (Å²) in [4.78, 5) is 43.7. The Bertz CT molecular complexity index is 1870. The molecule has 0 spiro atoms. The molecule has 41 heavy (non-hydrogen) atoms. The number of imide groups is 1. The second kappa shape index (κ2) is 8.54. The molecule has 0 radical (unpaired) electrons. The quantitative estimate of drug-likeness (QED) is 0.183. The first kappa shape index (κ1) is 23.9. The maximum atomic E-state index is 14.3. The Hall–Kier alpha value is -4.91. The predicted octanol–water partition coefficient (Wildman–Crippen LogP) is 5.71. The summed E-state index contributed by atoms with van der Waals surface area (Å²) >= 11 is 0. The van der Waals surface area contributed by atoms with Crippen molar-refractivity contribution in [3.8, 4) is 17.2 Å². The lowest BCUT2D eigenvalue weighted by Gasteiger charge is -2.38. The molecule has 0 bridgehead atoms. The molecule has 8 rings (SSSR count). The zero-order chi connectivity index (χ0) is 28.0. The molecule has 2 amide bonds. The Kier molecular flexibility index (Phi) is 4.99. The van der Waals surface area contributed by atoms with Crippen LogP contribution in [0.15, 0.2) is 78.9 Å². The van der Waals surface area contributed by atoms with Crippen molar-refractivity contribution in [3.63, 3.8) is 0 Å². The number of anilines is 1. The number of hydrogen-bond acceptors (Lipinski definition) is 6. The molecule has 4 aliphatic rings. The molecular formula is C34H25NO6. The Morgan fingerprint density at radius 1 is 0.805 bits per heavy atom. The summed E-state index contributed by atoms with van der Waals surface area (Å²) in [6.45, 7) is 3.94. The molecule has 1 fully saturated rings. The molecule has 0 N–H and O–H groups in total. The van der Waals surface area contributed by atoms with Gasteiger partial charge in [-0.3, -0.25) is 14.4 Å². The molecule has 7 heteroatoms. The van der Waals surface area contributed by atoms with Gasteiger partial charge in [-0.1, -0.05) is 60.7 Å². The third-order valence-corrected chi connectivity index (χ3v) is 8.87. The van der Waals surface area contributed by atoms with Crippen LogP contribution in [0.1, 0.15) is 28.2 Å². The van der Waals surface area contributed by atoms with E-state index in [1.54, 1.807) is 0 Å². The first-order valence-corrected chi connectivity index (χ1v) is 13.7. The Balaban J connectivity index is 1.35. The zero-order valence-electron chi connectivity index (χ0n) is 22.4. The lowest BCUT2D eigenvalue weighted by Crippen LogP contribution is -2.42. The van der Waals surface area contributed by atoms with Crippen LogP contribution in [0.3, 0.4) is 0 Å². The highest BCUT2D eigenvalue weighted by Gasteiger charge is 2.60. The molecule has 7 nitrogen and oxygen atoms in total.